The average molecular weight is 310 g/mol. The summed E-state index contributed by atoms with van der Waals surface area (Å²) in [6.45, 7) is 0.508. The molecular formula is C11H15ClF3N5. The van der Waals surface area contributed by atoms with Gasteiger partial charge in [-0.15, -0.1) is 0 Å². The zero-order valence-corrected chi connectivity index (χ0v) is 11.4. The second kappa shape index (κ2) is 6.01. The number of anilines is 2. The number of nitrogens with zero attached hydrogens (tertiary/aromatic N) is 3. The average Bonchev–Trinajstić information content (AvgIpc) is 2.76. The third-order valence-electron chi connectivity index (χ3n) is 3.17. The zero-order chi connectivity index (χ0) is 14.8. The van der Waals surface area contributed by atoms with Crippen LogP contribution in [0.25, 0.3) is 0 Å². The van der Waals surface area contributed by atoms with Crippen LogP contribution in [0.4, 0.5) is 24.7 Å². The molecule has 1 saturated heterocycles. The van der Waals surface area contributed by atoms with Crippen LogP contribution >= 0.6 is 11.6 Å². The van der Waals surface area contributed by atoms with E-state index in [-0.39, 0.29) is 16.8 Å². The molecule has 5 nitrogen and oxygen atoms in total. The Bertz CT molecular complexity index is 468. The molecule has 1 aliphatic heterocycles. The minimum absolute atomic E-state index is 0.130. The highest BCUT2D eigenvalue weighted by Gasteiger charge is 2.34. The van der Waals surface area contributed by atoms with E-state index in [0.29, 0.717) is 31.9 Å². The van der Waals surface area contributed by atoms with Crippen molar-refractivity contribution in [3.8, 4) is 0 Å². The van der Waals surface area contributed by atoms with E-state index in [4.69, 9.17) is 17.3 Å². The molecule has 0 bridgehead atoms. The normalized spacial score (nSPS) is 20.3. The highest BCUT2D eigenvalue weighted by molar-refractivity contribution is 6.32. The molecule has 2 rings (SSSR count). The fraction of sp³-hybridized carbons (Fsp3) is 0.636. The number of aromatic nitrogens is 2. The van der Waals surface area contributed by atoms with Gasteiger partial charge >= 0.3 is 6.18 Å². The number of nitrogen functional groups attached to an aromatic ring is 1. The lowest BCUT2D eigenvalue weighted by molar-refractivity contribution is -0.143. The van der Waals surface area contributed by atoms with E-state index in [1.807, 2.05) is 0 Å². The third kappa shape index (κ3) is 4.11. The van der Waals surface area contributed by atoms with E-state index >= 15 is 0 Å². The fourth-order valence-corrected chi connectivity index (χ4v) is 2.37. The number of alkyl halides is 3. The maximum Gasteiger partial charge on any atom is 0.401 e. The standard InChI is InChI=1S/C11H15ClF3N5/c12-9-8(16)10(19-6-18-9)17-3-7-1-2-20(4-7)5-11(13,14)15/h6-7H,1-5,16H2,(H,17,18,19). The van der Waals surface area contributed by atoms with Crippen molar-refractivity contribution in [2.24, 2.45) is 5.92 Å². The molecule has 20 heavy (non-hydrogen) atoms. The van der Waals surface area contributed by atoms with Gasteiger partial charge in [0.2, 0.25) is 0 Å². The van der Waals surface area contributed by atoms with Crippen LogP contribution < -0.4 is 11.1 Å². The third-order valence-corrected chi connectivity index (χ3v) is 3.47. The molecule has 0 aromatic carbocycles. The van der Waals surface area contributed by atoms with E-state index < -0.39 is 12.7 Å². The molecule has 1 aromatic rings. The number of nitrogens with one attached hydrogen (secondary N) is 1. The van der Waals surface area contributed by atoms with Crippen molar-refractivity contribution in [3.63, 3.8) is 0 Å². The van der Waals surface area contributed by atoms with Crippen LogP contribution in [0.15, 0.2) is 6.33 Å². The first-order valence-electron chi connectivity index (χ1n) is 6.14. The molecule has 0 spiro atoms. The Hall–Kier alpha value is -1.28. The molecule has 0 radical (unpaired) electrons. The van der Waals surface area contributed by atoms with Gasteiger partial charge in [0.15, 0.2) is 11.0 Å². The Morgan fingerprint density at radius 3 is 2.90 bits per heavy atom. The molecule has 1 fully saturated rings. The molecule has 3 N–H and O–H groups in total. The first-order chi connectivity index (χ1) is 9.35. The number of hydrogen-bond donors (Lipinski definition) is 2. The summed E-state index contributed by atoms with van der Waals surface area (Å²) in [6.07, 6.45) is -2.15. The van der Waals surface area contributed by atoms with Crippen LogP contribution in [-0.2, 0) is 0 Å². The second-order valence-electron chi connectivity index (χ2n) is 4.81. The summed E-state index contributed by atoms with van der Waals surface area (Å²) in [7, 11) is 0. The van der Waals surface area contributed by atoms with E-state index in [2.05, 4.69) is 15.3 Å². The van der Waals surface area contributed by atoms with Crippen molar-refractivity contribution < 1.29 is 13.2 Å². The summed E-state index contributed by atoms with van der Waals surface area (Å²) in [5.41, 5.74) is 5.95. The summed E-state index contributed by atoms with van der Waals surface area (Å²) < 4.78 is 36.8. The Labute approximate surface area is 119 Å². The molecule has 0 aliphatic carbocycles. The number of likely N-dealkylation sites (tertiary alicyclic amines) is 1. The maximum absolute atomic E-state index is 12.3. The van der Waals surface area contributed by atoms with Gasteiger partial charge in [-0.3, -0.25) is 4.90 Å². The van der Waals surface area contributed by atoms with Crippen LogP contribution in [0.5, 0.6) is 0 Å². The minimum Gasteiger partial charge on any atom is -0.393 e. The summed E-state index contributed by atoms with van der Waals surface area (Å²) in [5, 5.41) is 3.17. The molecule has 0 saturated carbocycles. The summed E-state index contributed by atoms with van der Waals surface area (Å²) >= 11 is 5.76. The SMILES string of the molecule is Nc1c(Cl)ncnc1NCC1CCN(CC(F)(F)F)C1. The van der Waals surface area contributed by atoms with E-state index in [1.54, 1.807) is 0 Å². The lowest BCUT2D eigenvalue weighted by Crippen LogP contribution is -2.33. The van der Waals surface area contributed by atoms with Gasteiger partial charge in [-0.25, -0.2) is 9.97 Å². The van der Waals surface area contributed by atoms with Crippen LogP contribution in [0.1, 0.15) is 6.42 Å². The Balaban J connectivity index is 1.83. The van der Waals surface area contributed by atoms with Gasteiger partial charge in [0, 0.05) is 13.1 Å². The number of halogens is 4. The van der Waals surface area contributed by atoms with E-state index in [1.165, 1.54) is 11.2 Å². The smallest absolute Gasteiger partial charge is 0.393 e. The molecular weight excluding hydrogens is 295 g/mol. The van der Waals surface area contributed by atoms with Crippen molar-refractivity contribution in [2.45, 2.75) is 12.6 Å². The Morgan fingerprint density at radius 2 is 2.20 bits per heavy atom. The van der Waals surface area contributed by atoms with Crippen molar-refractivity contribution >= 4 is 23.1 Å². The predicted molar refractivity (Wildman–Crippen MR) is 70.5 cm³/mol. The fourth-order valence-electron chi connectivity index (χ4n) is 2.23. The highest BCUT2D eigenvalue weighted by Crippen LogP contribution is 2.25. The van der Waals surface area contributed by atoms with Gasteiger partial charge in [-0.1, -0.05) is 11.6 Å². The van der Waals surface area contributed by atoms with E-state index in [0.717, 1.165) is 0 Å². The van der Waals surface area contributed by atoms with Gasteiger partial charge in [-0.05, 0) is 18.9 Å². The predicted octanol–water partition coefficient (Wildman–Crippen LogP) is 2.01. The van der Waals surface area contributed by atoms with Crippen molar-refractivity contribution in [1.82, 2.24) is 14.9 Å². The summed E-state index contributed by atoms with van der Waals surface area (Å²) in [4.78, 5) is 9.09. The molecule has 1 aromatic heterocycles. The maximum atomic E-state index is 12.3. The molecule has 0 amide bonds. The molecule has 9 heteroatoms. The number of nitrogens with two attached hydrogens (primary N) is 1. The first kappa shape index (κ1) is 15.1. The van der Waals surface area contributed by atoms with Crippen LogP contribution in [-0.4, -0.2) is 47.2 Å². The van der Waals surface area contributed by atoms with Crippen LogP contribution in [0.2, 0.25) is 5.15 Å². The monoisotopic (exact) mass is 309 g/mol. The van der Waals surface area contributed by atoms with E-state index in [9.17, 15) is 13.2 Å². The van der Waals surface area contributed by atoms with Gasteiger partial charge in [-0.2, -0.15) is 13.2 Å². The molecule has 112 valence electrons. The minimum atomic E-state index is -4.15. The molecule has 1 aliphatic rings. The summed E-state index contributed by atoms with van der Waals surface area (Å²) in [6, 6.07) is 0. The van der Waals surface area contributed by atoms with Gasteiger partial charge in [0.05, 0.1) is 6.54 Å². The van der Waals surface area contributed by atoms with Crippen LogP contribution in [0, 0.1) is 5.92 Å². The number of hydrogen-bond acceptors (Lipinski definition) is 5. The Kier molecular flexibility index (Phi) is 4.54. The number of rotatable bonds is 4. The van der Waals surface area contributed by atoms with Crippen molar-refractivity contribution in [3.05, 3.63) is 11.5 Å². The van der Waals surface area contributed by atoms with Crippen molar-refractivity contribution in [2.75, 3.05) is 37.2 Å². The second-order valence-corrected chi connectivity index (χ2v) is 5.17. The Morgan fingerprint density at radius 1 is 1.45 bits per heavy atom. The quantitative estimate of drug-likeness (QED) is 0.833. The lowest BCUT2D eigenvalue weighted by atomic mass is 10.1. The molecule has 2 heterocycles. The zero-order valence-electron chi connectivity index (χ0n) is 10.6. The summed E-state index contributed by atoms with van der Waals surface area (Å²) in [5.74, 6) is 0.546. The van der Waals surface area contributed by atoms with Gasteiger partial charge in [0.1, 0.15) is 12.0 Å². The van der Waals surface area contributed by atoms with Gasteiger partial charge < -0.3 is 11.1 Å². The lowest BCUT2D eigenvalue weighted by Gasteiger charge is -2.18. The molecule has 1 unspecified atom stereocenters. The topological polar surface area (TPSA) is 67.1 Å². The first-order valence-corrected chi connectivity index (χ1v) is 6.52. The van der Waals surface area contributed by atoms with Crippen LogP contribution in [0.3, 0.4) is 0 Å². The van der Waals surface area contributed by atoms with Gasteiger partial charge in [0.25, 0.3) is 0 Å². The molecule has 1 atom stereocenters. The largest absolute Gasteiger partial charge is 0.401 e. The van der Waals surface area contributed by atoms with Crippen molar-refractivity contribution in [1.29, 1.82) is 0 Å². The highest BCUT2D eigenvalue weighted by atomic mass is 35.5.